The third-order valence-electron chi connectivity index (χ3n) is 3.64. The van der Waals surface area contributed by atoms with E-state index < -0.39 is 0 Å². The minimum atomic E-state index is -0.0302. The van der Waals surface area contributed by atoms with Crippen molar-refractivity contribution < 1.29 is 0 Å². The predicted molar refractivity (Wildman–Crippen MR) is 73.1 cm³/mol. The average Bonchev–Trinajstić information content (AvgIpc) is 2.43. The molecule has 1 unspecified atom stereocenters. The lowest BCUT2D eigenvalue weighted by Crippen LogP contribution is -2.32. The van der Waals surface area contributed by atoms with E-state index in [0.717, 1.165) is 12.8 Å². The van der Waals surface area contributed by atoms with Crippen LogP contribution in [0, 0.1) is 5.21 Å². The highest BCUT2D eigenvalue weighted by Crippen LogP contribution is 2.31. The monoisotopic (exact) mass is 238 g/mol. The van der Waals surface area contributed by atoms with Gasteiger partial charge in [-0.15, -0.1) is 0 Å². The average molecular weight is 238 g/mol. The van der Waals surface area contributed by atoms with Crippen LogP contribution in [0.1, 0.15) is 22.7 Å². The normalized spacial score (nSPS) is 19.5. The highest BCUT2D eigenvalue weighted by atomic mass is 16.5. The molecule has 1 aliphatic rings. The zero-order chi connectivity index (χ0) is 12.4. The molecule has 2 aromatic rings. The molecule has 0 aromatic heterocycles. The van der Waals surface area contributed by atoms with Crippen LogP contribution in [0.2, 0.25) is 0 Å². The molecular formula is C16H16NO-. The van der Waals surface area contributed by atoms with Gasteiger partial charge in [0.1, 0.15) is 0 Å². The van der Waals surface area contributed by atoms with Crippen molar-refractivity contribution in [3.8, 4) is 0 Å². The summed E-state index contributed by atoms with van der Waals surface area (Å²) in [5, 5.41) is 13.3. The molecule has 1 heterocycles. The van der Waals surface area contributed by atoms with Crippen molar-refractivity contribution in [1.82, 2.24) is 5.06 Å². The number of benzene rings is 2. The van der Waals surface area contributed by atoms with E-state index in [2.05, 4.69) is 30.3 Å². The van der Waals surface area contributed by atoms with E-state index in [0.29, 0.717) is 6.54 Å². The summed E-state index contributed by atoms with van der Waals surface area (Å²) in [4.78, 5) is 0. The maximum Gasteiger partial charge on any atom is 0.0275 e. The van der Waals surface area contributed by atoms with Crippen LogP contribution in [0.15, 0.2) is 54.6 Å². The molecule has 0 spiro atoms. The standard InChI is InChI=1S/C16H16NO/c18-17-11-10-14-8-4-5-9-15(14)16(17)12-13-6-2-1-3-7-13/h1-9,16H,10-12H2/q-1. The lowest BCUT2D eigenvalue weighted by atomic mass is 9.90. The van der Waals surface area contributed by atoms with Gasteiger partial charge in [-0.1, -0.05) is 54.6 Å². The Balaban J connectivity index is 1.91. The second-order valence-electron chi connectivity index (χ2n) is 4.80. The van der Waals surface area contributed by atoms with Gasteiger partial charge in [-0.25, -0.2) is 0 Å². The van der Waals surface area contributed by atoms with Gasteiger partial charge in [-0.2, -0.15) is 0 Å². The first-order valence-electron chi connectivity index (χ1n) is 6.40. The lowest BCUT2D eigenvalue weighted by molar-refractivity contribution is 0.263. The molecule has 0 N–H and O–H groups in total. The van der Waals surface area contributed by atoms with E-state index in [1.807, 2.05) is 24.3 Å². The molecule has 2 nitrogen and oxygen atoms in total. The predicted octanol–water partition coefficient (Wildman–Crippen LogP) is 3.33. The maximum absolute atomic E-state index is 12.1. The van der Waals surface area contributed by atoms with Gasteiger partial charge >= 0.3 is 0 Å². The molecule has 1 atom stereocenters. The molecular weight excluding hydrogens is 222 g/mol. The fourth-order valence-electron chi connectivity index (χ4n) is 2.68. The Morgan fingerprint density at radius 3 is 2.56 bits per heavy atom. The fraction of sp³-hybridized carbons (Fsp3) is 0.250. The number of hydrogen-bond donors (Lipinski definition) is 0. The summed E-state index contributed by atoms with van der Waals surface area (Å²) >= 11 is 0. The Labute approximate surface area is 107 Å². The fourth-order valence-corrected chi connectivity index (χ4v) is 2.68. The second-order valence-corrected chi connectivity index (χ2v) is 4.80. The number of hydroxylamine groups is 2. The first kappa shape index (κ1) is 11.5. The van der Waals surface area contributed by atoms with Gasteiger partial charge < -0.3 is 10.3 Å². The molecule has 0 saturated heterocycles. The van der Waals surface area contributed by atoms with Crippen molar-refractivity contribution in [1.29, 1.82) is 0 Å². The van der Waals surface area contributed by atoms with Gasteiger partial charge in [-0.3, -0.25) is 0 Å². The van der Waals surface area contributed by atoms with Gasteiger partial charge in [-0.05, 0) is 36.1 Å². The van der Waals surface area contributed by atoms with Crippen molar-refractivity contribution in [3.63, 3.8) is 0 Å². The molecule has 2 aromatic carbocycles. The van der Waals surface area contributed by atoms with Crippen molar-refractivity contribution in [2.45, 2.75) is 18.9 Å². The number of fused-ring (bicyclic) bond motifs is 1. The molecule has 0 radical (unpaired) electrons. The second kappa shape index (κ2) is 4.92. The number of hydrogen-bond acceptors (Lipinski definition) is 2. The van der Waals surface area contributed by atoms with E-state index in [4.69, 9.17) is 0 Å². The molecule has 92 valence electrons. The molecule has 0 bridgehead atoms. The Bertz CT molecular complexity index is 524. The van der Waals surface area contributed by atoms with Crippen molar-refractivity contribution in [2.24, 2.45) is 0 Å². The highest BCUT2D eigenvalue weighted by molar-refractivity contribution is 5.34. The SMILES string of the molecule is [O-]N1CCc2ccccc2C1Cc1ccccc1. The number of nitrogens with zero attached hydrogens (tertiary/aromatic N) is 1. The van der Waals surface area contributed by atoms with Crippen LogP contribution >= 0.6 is 0 Å². The summed E-state index contributed by atoms with van der Waals surface area (Å²) in [6.07, 6.45) is 1.66. The van der Waals surface area contributed by atoms with Crippen molar-refractivity contribution >= 4 is 0 Å². The molecule has 2 heteroatoms. The Morgan fingerprint density at radius 2 is 1.72 bits per heavy atom. The highest BCUT2D eigenvalue weighted by Gasteiger charge is 2.21. The van der Waals surface area contributed by atoms with Crippen LogP contribution in [-0.2, 0) is 12.8 Å². The van der Waals surface area contributed by atoms with Crippen LogP contribution in [0.4, 0.5) is 0 Å². The van der Waals surface area contributed by atoms with Crippen LogP contribution in [-0.4, -0.2) is 11.6 Å². The van der Waals surface area contributed by atoms with Gasteiger partial charge in [0.05, 0.1) is 0 Å². The summed E-state index contributed by atoms with van der Waals surface area (Å²) in [5.41, 5.74) is 3.74. The van der Waals surface area contributed by atoms with Gasteiger partial charge in [0.25, 0.3) is 0 Å². The Morgan fingerprint density at radius 1 is 1.00 bits per heavy atom. The minimum absolute atomic E-state index is 0.0302. The molecule has 0 saturated carbocycles. The van der Waals surface area contributed by atoms with E-state index in [1.54, 1.807) is 0 Å². The Kier molecular flexibility index (Phi) is 3.13. The van der Waals surface area contributed by atoms with Crippen LogP contribution in [0.3, 0.4) is 0 Å². The third-order valence-corrected chi connectivity index (χ3v) is 3.64. The molecule has 18 heavy (non-hydrogen) atoms. The van der Waals surface area contributed by atoms with Gasteiger partial charge in [0.2, 0.25) is 0 Å². The molecule has 1 aliphatic heterocycles. The topological polar surface area (TPSA) is 26.3 Å². The van der Waals surface area contributed by atoms with E-state index >= 15 is 0 Å². The lowest BCUT2D eigenvalue weighted by Gasteiger charge is -2.42. The van der Waals surface area contributed by atoms with Crippen LogP contribution in [0.25, 0.3) is 0 Å². The summed E-state index contributed by atoms with van der Waals surface area (Å²) in [6.45, 7) is 0.606. The van der Waals surface area contributed by atoms with E-state index in [-0.39, 0.29) is 6.04 Å². The Hall–Kier alpha value is -1.64. The summed E-state index contributed by atoms with van der Waals surface area (Å²) in [7, 11) is 0. The van der Waals surface area contributed by atoms with Crippen molar-refractivity contribution in [2.75, 3.05) is 6.54 Å². The molecule has 0 aliphatic carbocycles. The van der Waals surface area contributed by atoms with E-state index in [9.17, 15) is 5.21 Å². The van der Waals surface area contributed by atoms with Crippen LogP contribution < -0.4 is 0 Å². The zero-order valence-electron chi connectivity index (χ0n) is 10.3. The van der Waals surface area contributed by atoms with Crippen molar-refractivity contribution in [3.05, 3.63) is 76.5 Å². The molecule has 0 amide bonds. The summed E-state index contributed by atoms with van der Waals surface area (Å²) in [6, 6.07) is 18.5. The largest absolute Gasteiger partial charge is 0.785 e. The molecule has 0 fully saturated rings. The maximum atomic E-state index is 12.1. The third kappa shape index (κ3) is 2.17. The summed E-state index contributed by atoms with van der Waals surface area (Å²) < 4.78 is 0. The zero-order valence-corrected chi connectivity index (χ0v) is 10.3. The quantitative estimate of drug-likeness (QED) is 0.802. The van der Waals surface area contributed by atoms with Gasteiger partial charge in [0.15, 0.2) is 0 Å². The van der Waals surface area contributed by atoms with Gasteiger partial charge in [0, 0.05) is 6.04 Å². The minimum Gasteiger partial charge on any atom is -0.785 e. The smallest absolute Gasteiger partial charge is 0.0275 e. The first-order chi connectivity index (χ1) is 8.84. The summed E-state index contributed by atoms with van der Waals surface area (Å²) in [5.74, 6) is 0. The molecule has 3 rings (SSSR count). The number of rotatable bonds is 2. The van der Waals surface area contributed by atoms with E-state index in [1.165, 1.54) is 21.8 Å². The van der Waals surface area contributed by atoms with Crippen LogP contribution in [0.5, 0.6) is 0 Å². The first-order valence-corrected chi connectivity index (χ1v) is 6.40.